The fourth-order valence-electron chi connectivity index (χ4n) is 2.48. The molecule has 0 radical (unpaired) electrons. The number of hydrogen-bond acceptors (Lipinski definition) is 4. The number of amides is 1. The number of benzene rings is 1. The van der Waals surface area contributed by atoms with Crippen molar-refractivity contribution in [1.29, 1.82) is 0 Å². The van der Waals surface area contributed by atoms with E-state index in [4.69, 9.17) is 11.6 Å². The van der Waals surface area contributed by atoms with E-state index in [1.807, 2.05) is 12.1 Å². The molecule has 2 heterocycles. The van der Waals surface area contributed by atoms with Gasteiger partial charge in [0, 0.05) is 23.6 Å². The number of aromatic nitrogens is 5. The number of nitrogens with zero attached hydrogens (tertiary/aromatic N) is 4. The molecule has 122 valence electrons. The van der Waals surface area contributed by atoms with Crippen molar-refractivity contribution < 1.29 is 4.79 Å². The van der Waals surface area contributed by atoms with Crippen molar-refractivity contribution in [3.63, 3.8) is 0 Å². The summed E-state index contributed by atoms with van der Waals surface area (Å²) in [4.78, 5) is 16.7. The largest absolute Gasteiger partial charge is 0.288 e. The summed E-state index contributed by atoms with van der Waals surface area (Å²) in [6, 6.07) is 9.04. The van der Waals surface area contributed by atoms with Gasteiger partial charge in [-0.2, -0.15) is 10.1 Å². The fourth-order valence-corrected chi connectivity index (χ4v) is 2.60. The summed E-state index contributed by atoms with van der Waals surface area (Å²) in [6.07, 6.45) is 2.24. The number of nitrogens with one attached hydrogen (secondary N) is 2. The minimum absolute atomic E-state index is 0.288. The maximum atomic E-state index is 12.4. The number of carbonyl (C=O) groups is 1. The van der Waals surface area contributed by atoms with Crippen LogP contribution in [0.15, 0.2) is 30.3 Å². The maximum absolute atomic E-state index is 12.4. The number of aryl methyl sites for hydroxylation is 1. The van der Waals surface area contributed by atoms with Gasteiger partial charge in [-0.25, -0.2) is 0 Å². The molecule has 24 heavy (non-hydrogen) atoms. The number of H-pyrrole nitrogens is 1. The van der Waals surface area contributed by atoms with Crippen LogP contribution in [0.4, 0.5) is 5.95 Å². The molecule has 0 saturated heterocycles. The molecule has 0 atom stereocenters. The molecule has 1 aliphatic carbocycles. The first kappa shape index (κ1) is 14.9. The van der Waals surface area contributed by atoms with Gasteiger partial charge in [-0.05, 0) is 31.0 Å². The fraction of sp³-hybridized carbons (Fsp3) is 0.250. The molecule has 1 aliphatic rings. The minimum atomic E-state index is -0.299. The second-order valence-electron chi connectivity index (χ2n) is 5.82. The van der Waals surface area contributed by atoms with E-state index >= 15 is 0 Å². The van der Waals surface area contributed by atoms with E-state index < -0.39 is 0 Å². The normalized spacial score (nSPS) is 13.9. The number of hydrogen-bond donors (Lipinski definition) is 2. The van der Waals surface area contributed by atoms with Crippen LogP contribution in [0.3, 0.4) is 0 Å². The third-order valence-electron chi connectivity index (χ3n) is 3.94. The zero-order valence-electron chi connectivity index (χ0n) is 13.0. The maximum Gasteiger partial charge on any atom is 0.276 e. The van der Waals surface area contributed by atoms with E-state index in [1.165, 1.54) is 4.68 Å². The summed E-state index contributed by atoms with van der Waals surface area (Å²) in [7, 11) is 1.72. The van der Waals surface area contributed by atoms with Gasteiger partial charge in [0.25, 0.3) is 5.91 Å². The van der Waals surface area contributed by atoms with Gasteiger partial charge in [0.15, 0.2) is 0 Å². The Morgan fingerprint density at radius 3 is 2.79 bits per heavy atom. The van der Waals surface area contributed by atoms with Crippen LogP contribution < -0.4 is 5.32 Å². The monoisotopic (exact) mass is 342 g/mol. The predicted octanol–water partition coefficient (Wildman–Crippen LogP) is 2.99. The predicted molar refractivity (Wildman–Crippen MR) is 90.0 cm³/mol. The molecule has 3 aromatic rings. The van der Waals surface area contributed by atoms with Crippen molar-refractivity contribution in [3.8, 4) is 11.3 Å². The molecule has 0 aliphatic heterocycles. The Kier molecular flexibility index (Phi) is 3.57. The highest BCUT2D eigenvalue weighted by Crippen LogP contribution is 2.38. The molecule has 1 fully saturated rings. The molecule has 7 nitrogen and oxygen atoms in total. The molecular weight excluding hydrogens is 328 g/mol. The summed E-state index contributed by atoms with van der Waals surface area (Å²) in [5.41, 5.74) is 2.02. The van der Waals surface area contributed by atoms with Crippen LogP contribution in [0, 0.1) is 0 Å². The van der Waals surface area contributed by atoms with Crippen LogP contribution in [0.25, 0.3) is 11.3 Å². The highest BCUT2D eigenvalue weighted by molar-refractivity contribution is 6.30. The molecule has 1 saturated carbocycles. The zero-order chi connectivity index (χ0) is 16.7. The lowest BCUT2D eigenvalue weighted by atomic mass is 10.1. The molecule has 0 bridgehead atoms. The Labute approximate surface area is 143 Å². The van der Waals surface area contributed by atoms with Gasteiger partial charge in [-0.3, -0.25) is 19.9 Å². The highest BCUT2D eigenvalue weighted by Gasteiger charge is 2.27. The van der Waals surface area contributed by atoms with Gasteiger partial charge >= 0.3 is 0 Å². The lowest BCUT2D eigenvalue weighted by molar-refractivity contribution is 0.101. The van der Waals surface area contributed by atoms with Gasteiger partial charge in [0.2, 0.25) is 5.95 Å². The number of halogens is 1. The first-order valence-electron chi connectivity index (χ1n) is 7.64. The number of carbonyl (C=O) groups excluding carboxylic acids is 1. The van der Waals surface area contributed by atoms with Gasteiger partial charge in [0.05, 0.1) is 5.69 Å². The number of aromatic amines is 1. The first-order valence-corrected chi connectivity index (χ1v) is 8.01. The first-order chi connectivity index (χ1) is 11.6. The molecule has 8 heteroatoms. The molecule has 1 amide bonds. The molecule has 2 aromatic heterocycles. The summed E-state index contributed by atoms with van der Waals surface area (Å²) in [5, 5.41) is 14.6. The lowest BCUT2D eigenvalue weighted by Crippen LogP contribution is -2.16. The standard InChI is InChI=1S/C16H15ClN6O/c1-23-13(8-12(22-23)9-4-6-11(17)7-5-9)15(24)19-16-18-14(20-21-16)10-2-3-10/h4-8,10H,2-3H2,1H3,(H2,18,19,20,21,24). The molecule has 4 rings (SSSR count). The molecule has 2 N–H and O–H groups in total. The SMILES string of the molecule is Cn1nc(-c2ccc(Cl)cc2)cc1C(=O)Nc1n[nH]c(C2CC2)n1. The van der Waals surface area contributed by atoms with Crippen molar-refractivity contribution in [2.75, 3.05) is 5.32 Å². The average Bonchev–Trinajstić information content (AvgIpc) is 3.19. The zero-order valence-corrected chi connectivity index (χ0v) is 13.7. The van der Waals surface area contributed by atoms with E-state index in [-0.39, 0.29) is 11.9 Å². The summed E-state index contributed by atoms with van der Waals surface area (Å²) in [6.45, 7) is 0. The van der Waals surface area contributed by atoms with Crippen LogP contribution in [0.5, 0.6) is 0 Å². The van der Waals surface area contributed by atoms with Crippen LogP contribution in [0.1, 0.15) is 35.1 Å². The summed E-state index contributed by atoms with van der Waals surface area (Å²) < 4.78 is 1.54. The molecule has 0 unspecified atom stereocenters. The van der Waals surface area contributed by atoms with Crippen LogP contribution in [0.2, 0.25) is 5.02 Å². The number of rotatable bonds is 4. The van der Waals surface area contributed by atoms with E-state index in [0.717, 1.165) is 24.2 Å². The van der Waals surface area contributed by atoms with Gasteiger partial charge in [0.1, 0.15) is 11.5 Å². The van der Waals surface area contributed by atoms with E-state index in [9.17, 15) is 4.79 Å². The smallest absolute Gasteiger partial charge is 0.276 e. The quantitative estimate of drug-likeness (QED) is 0.762. The lowest BCUT2D eigenvalue weighted by Gasteiger charge is -2.00. The molecule has 0 spiro atoms. The minimum Gasteiger partial charge on any atom is -0.288 e. The van der Waals surface area contributed by atoms with Crippen molar-refractivity contribution in [3.05, 3.63) is 46.9 Å². The number of anilines is 1. The highest BCUT2D eigenvalue weighted by atomic mass is 35.5. The Hall–Kier alpha value is -2.67. The van der Waals surface area contributed by atoms with Gasteiger partial charge < -0.3 is 0 Å². The Morgan fingerprint density at radius 1 is 1.33 bits per heavy atom. The van der Waals surface area contributed by atoms with E-state index in [0.29, 0.717) is 22.3 Å². The van der Waals surface area contributed by atoms with Crippen molar-refractivity contribution in [2.45, 2.75) is 18.8 Å². The Morgan fingerprint density at radius 2 is 2.08 bits per heavy atom. The summed E-state index contributed by atoms with van der Waals surface area (Å²) in [5.74, 6) is 1.27. The third kappa shape index (κ3) is 2.90. The average molecular weight is 343 g/mol. The van der Waals surface area contributed by atoms with Gasteiger partial charge in [-0.15, -0.1) is 5.10 Å². The second-order valence-corrected chi connectivity index (χ2v) is 6.25. The topological polar surface area (TPSA) is 88.5 Å². The Bertz CT molecular complexity index is 894. The van der Waals surface area contributed by atoms with E-state index in [2.05, 4.69) is 25.6 Å². The second kappa shape index (κ2) is 5.76. The summed E-state index contributed by atoms with van der Waals surface area (Å²) >= 11 is 5.90. The Balaban J connectivity index is 1.54. The third-order valence-corrected chi connectivity index (χ3v) is 4.20. The molecular formula is C16H15ClN6O. The van der Waals surface area contributed by atoms with Gasteiger partial charge in [-0.1, -0.05) is 23.7 Å². The van der Waals surface area contributed by atoms with E-state index in [1.54, 1.807) is 25.2 Å². The van der Waals surface area contributed by atoms with Crippen LogP contribution in [-0.4, -0.2) is 30.9 Å². The molecule has 1 aromatic carbocycles. The van der Waals surface area contributed by atoms with Crippen molar-refractivity contribution in [1.82, 2.24) is 25.0 Å². The van der Waals surface area contributed by atoms with Crippen LogP contribution in [-0.2, 0) is 7.05 Å². The van der Waals surface area contributed by atoms with Crippen LogP contribution >= 0.6 is 11.6 Å². The van der Waals surface area contributed by atoms with Crippen molar-refractivity contribution >= 4 is 23.5 Å². The van der Waals surface area contributed by atoms with Crippen molar-refractivity contribution in [2.24, 2.45) is 7.05 Å².